The first kappa shape index (κ1) is 14.8. The Balaban J connectivity index is 2.10. The van der Waals surface area contributed by atoms with Crippen molar-refractivity contribution in [2.24, 2.45) is 5.73 Å². The number of nitrogens with zero attached hydrogens (tertiary/aromatic N) is 2. The average molecular weight is 290 g/mol. The summed E-state index contributed by atoms with van der Waals surface area (Å²) in [5, 5.41) is 0.789. The molecular formula is C16H20ClN3. The Morgan fingerprint density at radius 2 is 2.00 bits per heavy atom. The lowest BCUT2D eigenvalue weighted by Gasteiger charge is -2.20. The fourth-order valence-corrected chi connectivity index (χ4v) is 2.22. The van der Waals surface area contributed by atoms with E-state index in [-0.39, 0.29) is 6.04 Å². The van der Waals surface area contributed by atoms with Gasteiger partial charge in [0.2, 0.25) is 0 Å². The van der Waals surface area contributed by atoms with Crippen LogP contribution in [0.3, 0.4) is 0 Å². The minimum atomic E-state index is 0.0120. The highest BCUT2D eigenvalue weighted by Crippen LogP contribution is 2.21. The molecule has 0 aliphatic carbocycles. The summed E-state index contributed by atoms with van der Waals surface area (Å²) < 4.78 is 0. The van der Waals surface area contributed by atoms with Gasteiger partial charge in [-0.15, -0.1) is 0 Å². The largest absolute Gasteiger partial charge is 0.369 e. The minimum absolute atomic E-state index is 0.0120. The predicted molar refractivity (Wildman–Crippen MR) is 85.0 cm³/mol. The van der Waals surface area contributed by atoms with Crippen LogP contribution in [0.4, 0.5) is 5.69 Å². The molecule has 106 valence electrons. The summed E-state index contributed by atoms with van der Waals surface area (Å²) in [5.41, 5.74) is 9.06. The second-order valence-corrected chi connectivity index (χ2v) is 5.31. The summed E-state index contributed by atoms with van der Waals surface area (Å²) in [6, 6.07) is 11.9. The molecule has 0 aliphatic heterocycles. The molecule has 0 spiro atoms. The van der Waals surface area contributed by atoms with Gasteiger partial charge in [-0.05, 0) is 30.2 Å². The molecule has 0 fully saturated rings. The van der Waals surface area contributed by atoms with Gasteiger partial charge in [-0.3, -0.25) is 4.98 Å². The van der Waals surface area contributed by atoms with Crippen molar-refractivity contribution >= 4 is 17.3 Å². The minimum Gasteiger partial charge on any atom is -0.369 e. The third kappa shape index (κ3) is 3.50. The highest BCUT2D eigenvalue weighted by Gasteiger charge is 2.08. The van der Waals surface area contributed by atoms with E-state index < -0.39 is 0 Å². The maximum absolute atomic E-state index is 6.18. The standard InChI is InChI=1S/C16H20ClN3/c1-3-15(18)16-9-8-13(10-19-16)20(2)11-12-6-4-5-7-14(12)17/h4-10,15H,3,11,18H2,1-2H3/t15-/m0/s1. The van der Waals surface area contributed by atoms with E-state index in [4.69, 9.17) is 17.3 Å². The molecule has 3 nitrogen and oxygen atoms in total. The number of rotatable bonds is 5. The first-order valence-electron chi connectivity index (χ1n) is 6.78. The molecule has 4 heteroatoms. The molecule has 1 aromatic carbocycles. The van der Waals surface area contributed by atoms with Crippen molar-refractivity contribution in [1.29, 1.82) is 0 Å². The molecule has 0 radical (unpaired) electrons. The quantitative estimate of drug-likeness (QED) is 0.911. The monoisotopic (exact) mass is 289 g/mol. The molecular weight excluding hydrogens is 270 g/mol. The number of benzene rings is 1. The van der Waals surface area contributed by atoms with E-state index >= 15 is 0 Å². The van der Waals surface area contributed by atoms with Gasteiger partial charge in [0.05, 0.1) is 17.6 Å². The Hall–Kier alpha value is -1.58. The number of anilines is 1. The molecule has 2 aromatic rings. The van der Waals surface area contributed by atoms with Crippen molar-refractivity contribution in [2.45, 2.75) is 25.9 Å². The molecule has 0 saturated carbocycles. The highest BCUT2D eigenvalue weighted by molar-refractivity contribution is 6.31. The molecule has 1 heterocycles. The molecule has 2 N–H and O–H groups in total. The van der Waals surface area contributed by atoms with Gasteiger partial charge in [-0.25, -0.2) is 0 Å². The van der Waals surface area contributed by atoms with Crippen LogP contribution in [0.2, 0.25) is 5.02 Å². The molecule has 0 saturated heterocycles. The lowest BCUT2D eigenvalue weighted by molar-refractivity contribution is 0.675. The van der Waals surface area contributed by atoms with Gasteiger partial charge >= 0.3 is 0 Å². The molecule has 0 aliphatic rings. The molecule has 2 rings (SSSR count). The van der Waals surface area contributed by atoms with Gasteiger partial charge in [0, 0.05) is 24.7 Å². The van der Waals surface area contributed by atoms with Crippen LogP contribution in [0.5, 0.6) is 0 Å². The maximum atomic E-state index is 6.18. The summed E-state index contributed by atoms with van der Waals surface area (Å²) in [6.45, 7) is 2.81. The van der Waals surface area contributed by atoms with Crippen molar-refractivity contribution in [1.82, 2.24) is 4.98 Å². The van der Waals surface area contributed by atoms with Gasteiger partial charge in [0.25, 0.3) is 0 Å². The number of aromatic nitrogens is 1. The topological polar surface area (TPSA) is 42.1 Å². The van der Waals surface area contributed by atoms with Crippen LogP contribution in [-0.4, -0.2) is 12.0 Å². The van der Waals surface area contributed by atoms with E-state index in [1.807, 2.05) is 43.6 Å². The first-order chi connectivity index (χ1) is 9.61. The maximum Gasteiger partial charge on any atom is 0.0572 e. The zero-order valence-corrected chi connectivity index (χ0v) is 12.6. The van der Waals surface area contributed by atoms with Crippen LogP contribution < -0.4 is 10.6 Å². The van der Waals surface area contributed by atoms with Crippen molar-refractivity contribution in [3.63, 3.8) is 0 Å². The predicted octanol–water partition coefficient (Wildman–Crippen LogP) is 3.78. The van der Waals surface area contributed by atoms with Crippen molar-refractivity contribution in [3.05, 3.63) is 58.9 Å². The molecule has 0 amide bonds. The third-order valence-electron chi connectivity index (χ3n) is 3.40. The van der Waals surface area contributed by atoms with E-state index in [0.29, 0.717) is 0 Å². The summed E-state index contributed by atoms with van der Waals surface area (Å²) in [5.74, 6) is 0. The molecule has 20 heavy (non-hydrogen) atoms. The van der Waals surface area contributed by atoms with Crippen LogP contribution in [0, 0.1) is 0 Å². The van der Waals surface area contributed by atoms with Crippen molar-refractivity contribution in [3.8, 4) is 0 Å². The highest BCUT2D eigenvalue weighted by atomic mass is 35.5. The van der Waals surface area contributed by atoms with Crippen LogP contribution >= 0.6 is 11.6 Å². The van der Waals surface area contributed by atoms with Crippen LogP contribution in [0.15, 0.2) is 42.6 Å². The smallest absolute Gasteiger partial charge is 0.0572 e. The molecule has 1 atom stereocenters. The average Bonchev–Trinajstić information content (AvgIpc) is 2.49. The zero-order valence-electron chi connectivity index (χ0n) is 11.9. The van der Waals surface area contributed by atoms with Crippen LogP contribution in [0.25, 0.3) is 0 Å². The van der Waals surface area contributed by atoms with E-state index in [2.05, 4.69) is 22.9 Å². The van der Waals surface area contributed by atoms with Gasteiger partial charge in [0.15, 0.2) is 0 Å². The van der Waals surface area contributed by atoms with Crippen LogP contribution in [-0.2, 0) is 6.54 Å². The summed E-state index contributed by atoms with van der Waals surface area (Å²) in [7, 11) is 2.03. The fraction of sp³-hybridized carbons (Fsp3) is 0.312. The van der Waals surface area contributed by atoms with Gasteiger partial charge in [-0.1, -0.05) is 36.7 Å². The Morgan fingerprint density at radius 1 is 1.25 bits per heavy atom. The number of hydrogen-bond donors (Lipinski definition) is 1. The number of halogens is 1. The molecule has 0 unspecified atom stereocenters. The first-order valence-corrected chi connectivity index (χ1v) is 7.15. The normalized spacial score (nSPS) is 12.2. The Labute approximate surface area is 125 Å². The van der Waals surface area contributed by atoms with Crippen molar-refractivity contribution in [2.75, 3.05) is 11.9 Å². The van der Waals surface area contributed by atoms with E-state index in [1.54, 1.807) is 0 Å². The Morgan fingerprint density at radius 3 is 2.60 bits per heavy atom. The van der Waals surface area contributed by atoms with Gasteiger partial charge in [0.1, 0.15) is 0 Å². The lowest BCUT2D eigenvalue weighted by atomic mass is 10.1. The second-order valence-electron chi connectivity index (χ2n) is 4.90. The van der Waals surface area contributed by atoms with E-state index in [9.17, 15) is 0 Å². The fourth-order valence-electron chi connectivity index (χ4n) is 2.03. The van der Waals surface area contributed by atoms with Crippen molar-refractivity contribution < 1.29 is 0 Å². The van der Waals surface area contributed by atoms with E-state index in [0.717, 1.165) is 34.9 Å². The SMILES string of the molecule is CC[C@H](N)c1ccc(N(C)Cc2ccccc2Cl)cn1. The number of hydrogen-bond acceptors (Lipinski definition) is 3. The van der Waals surface area contributed by atoms with Gasteiger partial charge < -0.3 is 10.6 Å². The molecule has 1 aromatic heterocycles. The summed E-state index contributed by atoms with van der Waals surface area (Å²) in [4.78, 5) is 6.56. The lowest BCUT2D eigenvalue weighted by Crippen LogP contribution is -2.17. The zero-order chi connectivity index (χ0) is 14.5. The second kappa shape index (κ2) is 6.73. The number of pyridine rings is 1. The number of nitrogens with two attached hydrogens (primary N) is 1. The van der Waals surface area contributed by atoms with E-state index in [1.165, 1.54) is 0 Å². The summed E-state index contributed by atoms with van der Waals surface area (Å²) in [6.07, 6.45) is 2.75. The molecule has 0 bridgehead atoms. The Bertz CT molecular complexity index is 554. The van der Waals surface area contributed by atoms with Crippen LogP contribution in [0.1, 0.15) is 30.6 Å². The Kier molecular flexibility index (Phi) is 4.99. The van der Waals surface area contributed by atoms with Gasteiger partial charge in [-0.2, -0.15) is 0 Å². The summed E-state index contributed by atoms with van der Waals surface area (Å²) >= 11 is 6.18. The third-order valence-corrected chi connectivity index (χ3v) is 3.77.